The maximum Gasteiger partial charge on any atom is 0.257 e. The summed E-state index contributed by atoms with van der Waals surface area (Å²) < 4.78 is 26.7. The molecule has 0 aliphatic carbocycles. The second-order valence-corrected chi connectivity index (χ2v) is 8.35. The summed E-state index contributed by atoms with van der Waals surface area (Å²) in [6.45, 7) is 8.06. The number of carbonyl (C=O) groups excluding carboxylic acids is 1. The van der Waals surface area contributed by atoms with Crippen molar-refractivity contribution < 1.29 is 13.2 Å². The van der Waals surface area contributed by atoms with E-state index >= 15 is 0 Å². The monoisotopic (exact) mass is 394 g/mol. The Morgan fingerprint density at radius 3 is 2.35 bits per heavy atom. The van der Waals surface area contributed by atoms with Crippen LogP contribution >= 0.6 is 11.6 Å². The van der Waals surface area contributed by atoms with Crippen molar-refractivity contribution in [2.24, 2.45) is 0 Å². The molecule has 1 amide bonds. The minimum absolute atomic E-state index is 0.0525. The van der Waals surface area contributed by atoms with Gasteiger partial charge in [-0.2, -0.15) is 4.31 Å². The molecule has 0 aliphatic heterocycles. The third-order valence-electron chi connectivity index (χ3n) is 4.17. The molecule has 0 bridgehead atoms. The molecule has 1 N–H and O–H groups in total. The maximum atomic E-state index is 12.7. The molecule has 0 unspecified atom stereocenters. The molecule has 0 aromatic heterocycles. The highest BCUT2D eigenvalue weighted by atomic mass is 35.5. The van der Waals surface area contributed by atoms with Crippen molar-refractivity contribution in [2.75, 3.05) is 18.4 Å². The van der Waals surface area contributed by atoms with Crippen LogP contribution in [0.15, 0.2) is 41.3 Å². The van der Waals surface area contributed by atoms with Crippen LogP contribution < -0.4 is 5.32 Å². The van der Waals surface area contributed by atoms with Crippen LogP contribution in [-0.2, 0) is 10.0 Å². The quantitative estimate of drug-likeness (QED) is 0.796. The van der Waals surface area contributed by atoms with E-state index in [0.29, 0.717) is 18.8 Å². The van der Waals surface area contributed by atoms with Gasteiger partial charge in [-0.1, -0.05) is 37.6 Å². The largest absolute Gasteiger partial charge is 0.322 e. The van der Waals surface area contributed by atoms with Gasteiger partial charge in [0.25, 0.3) is 5.91 Å². The molecule has 0 spiro atoms. The van der Waals surface area contributed by atoms with Crippen LogP contribution in [0.4, 0.5) is 5.69 Å². The molecule has 2 aromatic carbocycles. The Labute approximate surface area is 160 Å². The van der Waals surface area contributed by atoms with Crippen molar-refractivity contribution in [2.45, 2.75) is 32.6 Å². The van der Waals surface area contributed by atoms with Gasteiger partial charge in [-0.05, 0) is 49.2 Å². The molecule has 0 heterocycles. The average molecular weight is 395 g/mol. The van der Waals surface area contributed by atoms with E-state index in [1.54, 1.807) is 13.8 Å². The van der Waals surface area contributed by atoms with E-state index in [4.69, 9.17) is 11.6 Å². The average Bonchev–Trinajstić information content (AvgIpc) is 2.59. The van der Waals surface area contributed by atoms with E-state index < -0.39 is 15.9 Å². The smallest absolute Gasteiger partial charge is 0.257 e. The molecule has 26 heavy (non-hydrogen) atoms. The molecule has 7 heteroatoms. The number of anilines is 1. The summed E-state index contributed by atoms with van der Waals surface area (Å²) in [5, 5.41) is 3.01. The van der Waals surface area contributed by atoms with E-state index in [1.165, 1.54) is 22.5 Å². The van der Waals surface area contributed by atoms with Gasteiger partial charge < -0.3 is 5.32 Å². The number of benzene rings is 2. The molecule has 2 rings (SSSR count). The Balaban J connectivity index is 2.41. The van der Waals surface area contributed by atoms with E-state index in [9.17, 15) is 13.2 Å². The highest BCUT2D eigenvalue weighted by Gasteiger charge is 2.24. The second-order valence-electron chi connectivity index (χ2n) is 6.00. The summed E-state index contributed by atoms with van der Waals surface area (Å²) in [5.41, 5.74) is 2.71. The molecular weight excluding hydrogens is 372 g/mol. The fourth-order valence-corrected chi connectivity index (χ4v) is 4.30. The van der Waals surface area contributed by atoms with Crippen molar-refractivity contribution in [1.29, 1.82) is 0 Å². The molecule has 0 saturated heterocycles. The van der Waals surface area contributed by atoms with E-state index in [-0.39, 0.29) is 15.5 Å². The van der Waals surface area contributed by atoms with E-state index in [2.05, 4.69) is 5.32 Å². The third-order valence-corrected chi connectivity index (χ3v) is 6.54. The predicted molar refractivity (Wildman–Crippen MR) is 105 cm³/mol. The summed E-state index contributed by atoms with van der Waals surface area (Å²) in [6, 6.07) is 9.91. The molecule has 0 radical (unpaired) electrons. The normalized spacial score (nSPS) is 11.6. The third kappa shape index (κ3) is 4.26. The first-order chi connectivity index (χ1) is 12.2. The molecule has 0 fully saturated rings. The van der Waals surface area contributed by atoms with Crippen LogP contribution in [0, 0.1) is 13.8 Å². The molecule has 5 nitrogen and oxygen atoms in total. The Morgan fingerprint density at radius 1 is 1.08 bits per heavy atom. The van der Waals surface area contributed by atoms with Gasteiger partial charge in [0.05, 0.1) is 15.5 Å². The lowest BCUT2D eigenvalue weighted by atomic mass is 10.1. The molecule has 0 saturated carbocycles. The van der Waals surface area contributed by atoms with Crippen molar-refractivity contribution in [3.8, 4) is 0 Å². The van der Waals surface area contributed by atoms with Crippen molar-refractivity contribution in [1.82, 2.24) is 4.31 Å². The lowest BCUT2D eigenvalue weighted by Crippen LogP contribution is -2.30. The molecular formula is C19H23ClN2O3S. The first-order valence-electron chi connectivity index (χ1n) is 8.39. The standard InChI is InChI=1S/C19H23ClN2O3S/c1-5-22(6-2)26(24,25)15-9-10-17(20)16(12-15)19(23)21-18-11-13(3)7-8-14(18)4/h7-12H,5-6H2,1-4H3,(H,21,23). The minimum atomic E-state index is -3.67. The van der Waals surface area contributed by atoms with Gasteiger partial charge in [0.2, 0.25) is 10.0 Å². The fraction of sp³-hybridized carbons (Fsp3) is 0.316. The number of sulfonamides is 1. The molecule has 0 aliphatic rings. The zero-order valence-corrected chi connectivity index (χ0v) is 16.9. The van der Waals surface area contributed by atoms with E-state index in [1.807, 2.05) is 32.0 Å². The number of carbonyl (C=O) groups is 1. The first-order valence-corrected chi connectivity index (χ1v) is 10.2. The Morgan fingerprint density at radius 2 is 1.73 bits per heavy atom. The van der Waals surface area contributed by atoms with Gasteiger partial charge in [0.15, 0.2) is 0 Å². The number of nitrogens with one attached hydrogen (secondary N) is 1. The molecule has 0 atom stereocenters. The highest BCUT2D eigenvalue weighted by Crippen LogP contribution is 2.25. The first kappa shape index (κ1) is 20.4. The topological polar surface area (TPSA) is 66.5 Å². The van der Waals surface area contributed by atoms with Gasteiger partial charge in [0, 0.05) is 18.8 Å². The summed E-state index contributed by atoms with van der Waals surface area (Å²) in [4.78, 5) is 12.7. The SMILES string of the molecule is CCN(CC)S(=O)(=O)c1ccc(Cl)c(C(=O)Nc2cc(C)ccc2C)c1. The number of nitrogens with zero attached hydrogens (tertiary/aromatic N) is 1. The number of rotatable bonds is 6. The number of halogens is 1. The summed E-state index contributed by atoms with van der Waals surface area (Å²) >= 11 is 6.16. The molecule has 140 valence electrons. The summed E-state index contributed by atoms with van der Waals surface area (Å²) in [7, 11) is -3.67. The zero-order chi connectivity index (χ0) is 19.5. The number of aryl methyl sites for hydroxylation is 2. The van der Waals surface area contributed by atoms with Crippen LogP contribution in [0.25, 0.3) is 0 Å². The maximum absolute atomic E-state index is 12.7. The predicted octanol–water partition coefficient (Wildman–Crippen LogP) is 4.24. The van der Waals surface area contributed by atoms with Crippen LogP contribution in [0.1, 0.15) is 35.3 Å². The lowest BCUT2D eigenvalue weighted by molar-refractivity contribution is 0.102. The number of hydrogen-bond donors (Lipinski definition) is 1. The number of amides is 1. The van der Waals surface area contributed by atoms with Gasteiger partial charge in [0.1, 0.15) is 0 Å². The van der Waals surface area contributed by atoms with Gasteiger partial charge in [-0.25, -0.2) is 8.42 Å². The van der Waals surface area contributed by atoms with Crippen LogP contribution in [-0.4, -0.2) is 31.7 Å². The number of hydrogen-bond acceptors (Lipinski definition) is 3. The Kier molecular flexibility index (Phi) is 6.44. The van der Waals surface area contributed by atoms with Crippen LogP contribution in [0.3, 0.4) is 0 Å². The lowest BCUT2D eigenvalue weighted by Gasteiger charge is -2.19. The van der Waals surface area contributed by atoms with Crippen molar-refractivity contribution in [3.63, 3.8) is 0 Å². The Hall–Kier alpha value is -1.89. The molecule has 2 aromatic rings. The van der Waals surface area contributed by atoms with Crippen LogP contribution in [0.5, 0.6) is 0 Å². The second kappa shape index (κ2) is 8.20. The summed E-state index contributed by atoms with van der Waals surface area (Å²) in [5.74, 6) is -0.444. The van der Waals surface area contributed by atoms with E-state index in [0.717, 1.165) is 11.1 Å². The Bertz CT molecular complexity index is 922. The van der Waals surface area contributed by atoms with Crippen LogP contribution in [0.2, 0.25) is 5.02 Å². The van der Waals surface area contributed by atoms with Crippen molar-refractivity contribution >= 4 is 33.2 Å². The van der Waals surface area contributed by atoms with Gasteiger partial charge >= 0.3 is 0 Å². The zero-order valence-electron chi connectivity index (χ0n) is 15.3. The fourth-order valence-electron chi connectivity index (χ4n) is 2.61. The minimum Gasteiger partial charge on any atom is -0.322 e. The highest BCUT2D eigenvalue weighted by molar-refractivity contribution is 7.89. The van der Waals surface area contributed by atoms with Gasteiger partial charge in [-0.3, -0.25) is 4.79 Å². The van der Waals surface area contributed by atoms with Gasteiger partial charge in [-0.15, -0.1) is 0 Å². The summed E-state index contributed by atoms with van der Waals surface area (Å²) in [6.07, 6.45) is 0. The van der Waals surface area contributed by atoms with Crippen molar-refractivity contribution in [3.05, 3.63) is 58.1 Å².